The second-order valence-corrected chi connectivity index (χ2v) is 7.58. The summed E-state index contributed by atoms with van der Waals surface area (Å²) in [7, 11) is 0. The van der Waals surface area contributed by atoms with Crippen molar-refractivity contribution >= 4 is 17.5 Å². The molecule has 2 atom stereocenters. The van der Waals surface area contributed by atoms with E-state index in [9.17, 15) is 9.59 Å². The van der Waals surface area contributed by atoms with Crippen molar-refractivity contribution in [2.24, 2.45) is 11.7 Å². The summed E-state index contributed by atoms with van der Waals surface area (Å²) in [4.78, 5) is 28.6. The first kappa shape index (κ1) is 21.2. The fourth-order valence-corrected chi connectivity index (χ4v) is 3.17. The van der Waals surface area contributed by atoms with Crippen LogP contribution in [0.4, 0.5) is 5.69 Å². The van der Waals surface area contributed by atoms with Crippen LogP contribution in [0.3, 0.4) is 0 Å². The molecule has 1 unspecified atom stereocenters. The van der Waals surface area contributed by atoms with Crippen molar-refractivity contribution in [1.29, 1.82) is 0 Å². The van der Waals surface area contributed by atoms with Gasteiger partial charge in [0.1, 0.15) is 0 Å². The van der Waals surface area contributed by atoms with Crippen molar-refractivity contribution in [1.82, 2.24) is 15.5 Å². The number of hydrogen-bond acceptors (Lipinski definition) is 5. The molecule has 2 amide bonds. The molecule has 150 valence electrons. The first-order chi connectivity index (χ1) is 12.9. The average molecular weight is 376 g/mol. The van der Waals surface area contributed by atoms with Crippen molar-refractivity contribution in [3.63, 3.8) is 0 Å². The van der Waals surface area contributed by atoms with Crippen LogP contribution in [-0.4, -0.2) is 68.1 Å². The summed E-state index contributed by atoms with van der Waals surface area (Å²) in [6, 6.07) is 9.87. The largest absolute Gasteiger partial charge is 0.369 e. The quantitative estimate of drug-likeness (QED) is 0.612. The van der Waals surface area contributed by atoms with Crippen molar-refractivity contribution in [2.75, 3.05) is 44.2 Å². The molecule has 0 aliphatic carbocycles. The third-order valence-corrected chi connectivity index (χ3v) is 4.88. The molecule has 0 saturated carbocycles. The van der Waals surface area contributed by atoms with Gasteiger partial charge in [-0.3, -0.25) is 14.5 Å². The van der Waals surface area contributed by atoms with Gasteiger partial charge in [0.15, 0.2) is 0 Å². The third-order valence-electron chi connectivity index (χ3n) is 4.88. The van der Waals surface area contributed by atoms with E-state index in [1.165, 1.54) is 5.69 Å². The van der Waals surface area contributed by atoms with E-state index in [0.29, 0.717) is 0 Å². The predicted octanol–water partition coefficient (Wildman–Crippen LogP) is 0.413. The van der Waals surface area contributed by atoms with E-state index in [-0.39, 0.29) is 30.3 Å². The Morgan fingerprint density at radius 2 is 1.70 bits per heavy atom. The lowest BCUT2D eigenvalue weighted by Gasteiger charge is -2.37. The van der Waals surface area contributed by atoms with E-state index in [0.717, 1.165) is 32.7 Å². The van der Waals surface area contributed by atoms with Crippen LogP contribution in [0.15, 0.2) is 30.3 Å². The minimum atomic E-state index is -0.587. The maximum atomic E-state index is 12.0. The van der Waals surface area contributed by atoms with E-state index >= 15 is 0 Å². The van der Waals surface area contributed by atoms with Gasteiger partial charge in [0, 0.05) is 44.5 Å². The molecular formula is C20H33N5O2. The molecule has 1 aromatic rings. The lowest BCUT2D eigenvalue weighted by molar-refractivity contribution is -0.127. The summed E-state index contributed by atoms with van der Waals surface area (Å²) in [5.41, 5.74) is 7.03. The monoisotopic (exact) mass is 375 g/mol. The standard InChI is InChI=1S/C20H33N5O2/c1-15(2)19(21)20(27)22-13-18(26)23-16(3)14-24-9-11-25(12-10-24)17-7-5-4-6-8-17/h4-8,15-16,19H,9-14,21H2,1-3H3,(H,22,27)(H,23,26)/t16?,19-/m0/s1. The topological polar surface area (TPSA) is 90.7 Å². The number of nitrogens with one attached hydrogen (secondary N) is 2. The Bertz CT molecular complexity index is 600. The van der Waals surface area contributed by atoms with Crippen LogP contribution in [0.1, 0.15) is 20.8 Å². The number of amides is 2. The van der Waals surface area contributed by atoms with Crippen LogP contribution in [0.25, 0.3) is 0 Å². The van der Waals surface area contributed by atoms with Crippen molar-refractivity contribution in [3.05, 3.63) is 30.3 Å². The lowest BCUT2D eigenvalue weighted by atomic mass is 10.1. The third kappa shape index (κ3) is 6.84. The van der Waals surface area contributed by atoms with Gasteiger partial charge in [-0.15, -0.1) is 0 Å². The van der Waals surface area contributed by atoms with Gasteiger partial charge in [0.05, 0.1) is 12.6 Å². The number of hydrogen-bond donors (Lipinski definition) is 3. The van der Waals surface area contributed by atoms with Crippen LogP contribution < -0.4 is 21.3 Å². The second-order valence-electron chi connectivity index (χ2n) is 7.58. The Morgan fingerprint density at radius 3 is 2.30 bits per heavy atom. The zero-order chi connectivity index (χ0) is 19.8. The van der Waals surface area contributed by atoms with E-state index in [1.807, 2.05) is 26.8 Å². The van der Waals surface area contributed by atoms with Gasteiger partial charge in [-0.2, -0.15) is 0 Å². The number of anilines is 1. The van der Waals surface area contributed by atoms with Crippen LogP contribution in [0, 0.1) is 5.92 Å². The summed E-state index contributed by atoms with van der Waals surface area (Å²) in [5, 5.41) is 5.54. The molecule has 0 bridgehead atoms. The molecule has 27 heavy (non-hydrogen) atoms. The number of benzene rings is 1. The zero-order valence-corrected chi connectivity index (χ0v) is 16.6. The number of carbonyl (C=O) groups excluding carboxylic acids is 2. The van der Waals surface area contributed by atoms with E-state index < -0.39 is 6.04 Å². The van der Waals surface area contributed by atoms with E-state index in [1.54, 1.807) is 0 Å². The number of nitrogens with two attached hydrogens (primary N) is 1. The highest BCUT2D eigenvalue weighted by Gasteiger charge is 2.20. The van der Waals surface area contributed by atoms with Crippen molar-refractivity contribution < 1.29 is 9.59 Å². The zero-order valence-electron chi connectivity index (χ0n) is 16.6. The molecule has 2 rings (SSSR count). The van der Waals surface area contributed by atoms with Gasteiger partial charge in [-0.25, -0.2) is 0 Å². The maximum absolute atomic E-state index is 12.0. The molecule has 1 saturated heterocycles. The fourth-order valence-electron chi connectivity index (χ4n) is 3.17. The summed E-state index contributed by atoms with van der Waals surface area (Å²) in [6.45, 7) is 10.4. The van der Waals surface area contributed by atoms with E-state index in [2.05, 4.69) is 44.7 Å². The first-order valence-corrected chi connectivity index (χ1v) is 9.72. The highest BCUT2D eigenvalue weighted by Crippen LogP contribution is 2.15. The van der Waals surface area contributed by atoms with Crippen molar-refractivity contribution in [2.45, 2.75) is 32.9 Å². The first-order valence-electron chi connectivity index (χ1n) is 9.72. The molecule has 7 nitrogen and oxygen atoms in total. The number of piperazine rings is 1. The number of carbonyl (C=O) groups is 2. The van der Waals surface area contributed by atoms with Gasteiger partial charge in [-0.1, -0.05) is 32.0 Å². The molecule has 1 heterocycles. The Hall–Kier alpha value is -2.12. The van der Waals surface area contributed by atoms with Crippen molar-refractivity contribution in [3.8, 4) is 0 Å². The molecule has 0 spiro atoms. The van der Waals surface area contributed by atoms with Crippen LogP contribution >= 0.6 is 0 Å². The Kier molecular flexibility index (Phi) is 8.06. The Morgan fingerprint density at radius 1 is 1.07 bits per heavy atom. The van der Waals surface area contributed by atoms with Crippen LogP contribution in [0.2, 0.25) is 0 Å². The molecule has 0 aromatic heterocycles. The molecule has 0 radical (unpaired) electrons. The van der Waals surface area contributed by atoms with Gasteiger partial charge in [0.25, 0.3) is 0 Å². The Labute approximate surface area is 162 Å². The van der Waals surface area contributed by atoms with Crippen LogP contribution in [-0.2, 0) is 9.59 Å². The number of rotatable bonds is 8. The van der Waals surface area contributed by atoms with Crippen LogP contribution in [0.5, 0.6) is 0 Å². The highest BCUT2D eigenvalue weighted by atomic mass is 16.2. The Balaban J connectivity index is 1.66. The predicted molar refractivity (Wildman–Crippen MR) is 109 cm³/mol. The maximum Gasteiger partial charge on any atom is 0.239 e. The highest BCUT2D eigenvalue weighted by molar-refractivity contribution is 5.87. The van der Waals surface area contributed by atoms with Gasteiger partial charge in [0.2, 0.25) is 11.8 Å². The van der Waals surface area contributed by atoms with Gasteiger partial charge >= 0.3 is 0 Å². The fraction of sp³-hybridized carbons (Fsp3) is 0.600. The minimum absolute atomic E-state index is 0.0245. The normalized spacial score (nSPS) is 17.4. The average Bonchev–Trinajstić information content (AvgIpc) is 2.66. The van der Waals surface area contributed by atoms with E-state index in [4.69, 9.17) is 5.73 Å². The minimum Gasteiger partial charge on any atom is -0.369 e. The molecule has 1 aliphatic heterocycles. The summed E-state index contributed by atoms with van der Waals surface area (Å²) in [5.74, 6) is -0.430. The molecule has 1 aliphatic rings. The summed E-state index contributed by atoms with van der Waals surface area (Å²) in [6.07, 6.45) is 0. The number of para-hydroxylation sites is 1. The second kappa shape index (κ2) is 10.3. The molecule has 4 N–H and O–H groups in total. The summed E-state index contributed by atoms with van der Waals surface area (Å²) < 4.78 is 0. The molecular weight excluding hydrogens is 342 g/mol. The SMILES string of the molecule is CC(CN1CCN(c2ccccc2)CC1)NC(=O)CNC(=O)[C@@H](N)C(C)C. The molecule has 7 heteroatoms. The van der Waals surface area contributed by atoms with Gasteiger partial charge in [-0.05, 0) is 25.0 Å². The summed E-state index contributed by atoms with van der Waals surface area (Å²) >= 11 is 0. The molecule has 1 aromatic carbocycles. The van der Waals surface area contributed by atoms with Gasteiger partial charge < -0.3 is 21.3 Å². The molecule has 1 fully saturated rings. The number of nitrogens with zero attached hydrogens (tertiary/aromatic N) is 2. The lowest BCUT2D eigenvalue weighted by Crippen LogP contribution is -2.52. The smallest absolute Gasteiger partial charge is 0.239 e.